The molecule has 35 heavy (non-hydrogen) atoms. The lowest BCUT2D eigenvalue weighted by molar-refractivity contribution is -0.143. The van der Waals surface area contributed by atoms with E-state index in [0.717, 1.165) is 6.07 Å². The SMILES string of the molecule is Cc1nn(C(C)c2ccc(C(F)(F)F)cc2C(F)(F)F)cc1C#Cc1nnc(-c2ccccn2)s1. The summed E-state index contributed by atoms with van der Waals surface area (Å²) in [6.07, 6.45) is -6.79. The molecular weight excluding hydrogens is 492 g/mol. The van der Waals surface area contributed by atoms with Crippen molar-refractivity contribution in [3.63, 3.8) is 0 Å². The van der Waals surface area contributed by atoms with Gasteiger partial charge in [0.05, 0.1) is 28.4 Å². The zero-order valence-corrected chi connectivity index (χ0v) is 18.9. The van der Waals surface area contributed by atoms with Gasteiger partial charge in [-0.1, -0.05) is 29.4 Å². The predicted octanol–water partition coefficient (Wildman–Crippen LogP) is 6.15. The third-order valence-corrected chi connectivity index (χ3v) is 5.92. The first kappa shape index (κ1) is 24.4. The van der Waals surface area contributed by atoms with Crippen molar-refractivity contribution in [2.45, 2.75) is 32.2 Å². The third-order valence-electron chi connectivity index (χ3n) is 5.06. The van der Waals surface area contributed by atoms with Crippen LogP contribution in [0, 0.1) is 18.8 Å². The lowest BCUT2D eigenvalue weighted by Gasteiger charge is -2.20. The van der Waals surface area contributed by atoms with Crippen LogP contribution in [0.2, 0.25) is 0 Å². The zero-order valence-electron chi connectivity index (χ0n) is 18.1. The van der Waals surface area contributed by atoms with Gasteiger partial charge >= 0.3 is 12.4 Å². The highest BCUT2D eigenvalue weighted by molar-refractivity contribution is 7.15. The molecule has 0 radical (unpaired) electrons. The van der Waals surface area contributed by atoms with Gasteiger partial charge in [0.25, 0.3) is 0 Å². The number of nitrogens with zero attached hydrogens (tertiary/aromatic N) is 5. The second kappa shape index (κ2) is 9.14. The Labute approximate surface area is 199 Å². The van der Waals surface area contributed by atoms with Crippen molar-refractivity contribution in [1.82, 2.24) is 25.0 Å². The fourth-order valence-corrected chi connectivity index (χ4v) is 3.95. The van der Waals surface area contributed by atoms with Crippen LogP contribution >= 0.6 is 11.3 Å². The Bertz CT molecular complexity index is 1410. The molecule has 180 valence electrons. The number of pyridine rings is 1. The van der Waals surface area contributed by atoms with Gasteiger partial charge in [-0.05, 0) is 49.6 Å². The van der Waals surface area contributed by atoms with E-state index in [1.54, 1.807) is 25.3 Å². The zero-order chi connectivity index (χ0) is 25.4. The Kier molecular flexibility index (Phi) is 6.38. The molecule has 0 aliphatic carbocycles. The molecule has 0 N–H and O–H groups in total. The van der Waals surface area contributed by atoms with Crippen molar-refractivity contribution in [3.05, 3.63) is 81.7 Å². The summed E-state index contributed by atoms with van der Waals surface area (Å²) in [4.78, 5) is 4.19. The summed E-state index contributed by atoms with van der Waals surface area (Å²) in [5.41, 5.74) is -1.54. The molecule has 4 aromatic rings. The number of hydrogen-bond donors (Lipinski definition) is 0. The first-order chi connectivity index (χ1) is 16.4. The lowest BCUT2D eigenvalue weighted by atomic mass is 9.98. The van der Waals surface area contributed by atoms with E-state index in [-0.39, 0.29) is 11.6 Å². The summed E-state index contributed by atoms with van der Waals surface area (Å²) in [7, 11) is 0. The number of rotatable bonds is 3. The molecule has 3 aromatic heterocycles. The van der Waals surface area contributed by atoms with Gasteiger partial charge in [-0.15, -0.1) is 10.2 Å². The van der Waals surface area contributed by atoms with E-state index in [9.17, 15) is 26.3 Å². The molecule has 3 heterocycles. The topological polar surface area (TPSA) is 56.5 Å². The van der Waals surface area contributed by atoms with Crippen molar-refractivity contribution < 1.29 is 26.3 Å². The van der Waals surface area contributed by atoms with Crippen LogP contribution in [0.1, 0.15) is 45.9 Å². The average Bonchev–Trinajstić information content (AvgIpc) is 3.43. The first-order valence-corrected chi connectivity index (χ1v) is 10.9. The van der Waals surface area contributed by atoms with E-state index in [0.29, 0.717) is 33.0 Å². The summed E-state index contributed by atoms with van der Waals surface area (Å²) < 4.78 is 80.9. The first-order valence-electron chi connectivity index (χ1n) is 10.0. The normalized spacial score (nSPS) is 12.8. The molecule has 0 bridgehead atoms. The van der Waals surface area contributed by atoms with E-state index >= 15 is 0 Å². The maximum Gasteiger partial charge on any atom is 0.416 e. The molecule has 0 amide bonds. The van der Waals surface area contributed by atoms with E-state index in [4.69, 9.17) is 0 Å². The van der Waals surface area contributed by atoms with Gasteiger partial charge in [-0.3, -0.25) is 9.67 Å². The molecule has 0 spiro atoms. The molecular formula is C23H15F6N5S. The Hall–Kier alpha value is -3.72. The van der Waals surface area contributed by atoms with Gasteiger partial charge in [0.15, 0.2) is 10.0 Å². The maximum atomic E-state index is 13.6. The molecule has 12 heteroatoms. The second-order valence-corrected chi connectivity index (χ2v) is 8.44. The van der Waals surface area contributed by atoms with Crippen LogP contribution in [0.3, 0.4) is 0 Å². The van der Waals surface area contributed by atoms with Crippen LogP contribution in [0.15, 0.2) is 48.8 Å². The molecule has 0 saturated carbocycles. The summed E-state index contributed by atoms with van der Waals surface area (Å²) in [5, 5.41) is 13.3. The number of halogens is 6. The number of alkyl halides is 6. The van der Waals surface area contributed by atoms with Gasteiger partial charge in [0.1, 0.15) is 5.69 Å². The minimum atomic E-state index is -4.97. The van der Waals surface area contributed by atoms with Gasteiger partial charge < -0.3 is 0 Å². The fourth-order valence-electron chi connectivity index (χ4n) is 3.27. The summed E-state index contributed by atoms with van der Waals surface area (Å²) >= 11 is 1.23. The fraction of sp³-hybridized carbons (Fsp3) is 0.217. The highest BCUT2D eigenvalue weighted by Crippen LogP contribution is 2.39. The van der Waals surface area contributed by atoms with Crippen LogP contribution < -0.4 is 0 Å². The van der Waals surface area contributed by atoms with E-state index in [2.05, 4.69) is 32.1 Å². The monoisotopic (exact) mass is 507 g/mol. The highest BCUT2D eigenvalue weighted by atomic mass is 32.1. The van der Waals surface area contributed by atoms with Crippen LogP contribution in [0.25, 0.3) is 10.7 Å². The van der Waals surface area contributed by atoms with E-state index in [1.807, 2.05) is 6.07 Å². The largest absolute Gasteiger partial charge is 0.416 e. The van der Waals surface area contributed by atoms with E-state index < -0.39 is 29.5 Å². The molecule has 1 unspecified atom stereocenters. The molecule has 1 atom stereocenters. The molecule has 4 rings (SSSR count). The van der Waals surface area contributed by atoms with Gasteiger partial charge in [-0.2, -0.15) is 31.4 Å². The quantitative estimate of drug-likeness (QED) is 0.247. The summed E-state index contributed by atoms with van der Waals surface area (Å²) in [6, 6.07) is 5.96. The van der Waals surface area contributed by atoms with Crippen molar-refractivity contribution >= 4 is 11.3 Å². The number of aromatic nitrogens is 5. The minimum Gasteiger partial charge on any atom is -0.264 e. The van der Waals surface area contributed by atoms with Gasteiger partial charge in [0, 0.05) is 12.4 Å². The van der Waals surface area contributed by atoms with Crippen LogP contribution in [-0.2, 0) is 12.4 Å². The molecule has 0 aliphatic rings. The Morgan fingerprint density at radius 1 is 0.971 bits per heavy atom. The third kappa shape index (κ3) is 5.35. The number of aryl methyl sites for hydroxylation is 1. The second-order valence-electron chi connectivity index (χ2n) is 7.46. The van der Waals surface area contributed by atoms with Crippen molar-refractivity contribution in [2.24, 2.45) is 0 Å². The standard InChI is InChI=1S/C23H15F6N5S/c1-13-15(6-9-20-31-32-21(35-20)19-5-3-4-10-30-19)12-34(33-13)14(2)17-8-7-16(22(24,25)26)11-18(17)23(27,28)29/h3-5,7-8,10-12,14H,1-2H3. The number of hydrogen-bond acceptors (Lipinski definition) is 5. The average molecular weight is 507 g/mol. The molecule has 0 saturated heterocycles. The van der Waals surface area contributed by atoms with Crippen LogP contribution in [-0.4, -0.2) is 25.0 Å². The Morgan fingerprint density at radius 3 is 2.40 bits per heavy atom. The Balaban J connectivity index is 1.63. The smallest absolute Gasteiger partial charge is 0.264 e. The van der Waals surface area contributed by atoms with Crippen LogP contribution in [0.5, 0.6) is 0 Å². The lowest BCUT2D eigenvalue weighted by Crippen LogP contribution is -2.17. The molecule has 5 nitrogen and oxygen atoms in total. The minimum absolute atomic E-state index is 0.123. The Morgan fingerprint density at radius 2 is 1.74 bits per heavy atom. The highest BCUT2D eigenvalue weighted by Gasteiger charge is 2.39. The van der Waals surface area contributed by atoms with Crippen LogP contribution in [0.4, 0.5) is 26.3 Å². The van der Waals surface area contributed by atoms with Crippen molar-refractivity contribution in [2.75, 3.05) is 0 Å². The van der Waals surface area contributed by atoms with Crippen molar-refractivity contribution in [3.8, 4) is 22.5 Å². The van der Waals surface area contributed by atoms with Gasteiger partial charge in [0.2, 0.25) is 0 Å². The number of benzene rings is 1. The summed E-state index contributed by atoms with van der Waals surface area (Å²) in [5.74, 6) is 5.73. The maximum absolute atomic E-state index is 13.6. The van der Waals surface area contributed by atoms with Gasteiger partial charge in [-0.25, -0.2) is 0 Å². The molecule has 1 aromatic carbocycles. The van der Waals surface area contributed by atoms with Crippen molar-refractivity contribution in [1.29, 1.82) is 0 Å². The van der Waals surface area contributed by atoms with E-state index in [1.165, 1.54) is 29.1 Å². The molecule has 0 fully saturated rings. The molecule has 0 aliphatic heterocycles. The summed E-state index contributed by atoms with van der Waals surface area (Å²) in [6.45, 7) is 3.05. The predicted molar refractivity (Wildman–Crippen MR) is 116 cm³/mol.